The van der Waals surface area contributed by atoms with Gasteiger partial charge in [-0.15, -0.1) is 0 Å². The summed E-state index contributed by atoms with van der Waals surface area (Å²) in [6, 6.07) is 23.8. The number of non-ortho nitro benzene ring substituents is 1. The van der Waals surface area contributed by atoms with Crippen LogP contribution in [0.1, 0.15) is 88.2 Å². The Labute approximate surface area is 462 Å². The van der Waals surface area contributed by atoms with Gasteiger partial charge in [0, 0.05) is 73.5 Å². The van der Waals surface area contributed by atoms with Gasteiger partial charge in [0.1, 0.15) is 41.1 Å². The van der Waals surface area contributed by atoms with E-state index in [9.17, 15) is 29.3 Å². The Bertz CT molecular complexity index is 3260. The first-order valence-electron chi connectivity index (χ1n) is 26.4. The Morgan fingerprint density at radius 2 is 1.02 bits per heavy atom. The predicted octanol–water partition coefficient (Wildman–Crippen LogP) is 9.37. The molecule has 6 atom stereocenters. The first-order chi connectivity index (χ1) is 38.3. The fourth-order valence-electron chi connectivity index (χ4n) is 10.1. The van der Waals surface area contributed by atoms with Crippen LogP contribution in [0.25, 0.3) is 22.3 Å². The number of nitro groups is 1. The zero-order valence-corrected chi connectivity index (χ0v) is 45.3. The maximum absolute atomic E-state index is 13.0. The van der Waals surface area contributed by atoms with Crippen molar-refractivity contribution in [3.63, 3.8) is 0 Å². The molecule has 4 aromatic heterocycles. The average Bonchev–Trinajstić information content (AvgIpc) is 4.34. The second-order valence-electron chi connectivity index (χ2n) is 22.0. The number of hydrogen-bond donors (Lipinski definition) is 1. The Morgan fingerprint density at radius 1 is 0.575 bits per heavy atom. The molecule has 0 bridgehead atoms. The molecule has 0 spiro atoms. The van der Waals surface area contributed by atoms with Gasteiger partial charge in [-0.1, -0.05) is 24.3 Å². The molecule has 1 amide bonds. The van der Waals surface area contributed by atoms with Crippen molar-refractivity contribution in [3.05, 3.63) is 156 Å². The van der Waals surface area contributed by atoms with E-state index in [0.717, 1.165) is 76.2 Å². The lowest BCUT2D eigenvalue weighted by Gasteiger charge is -2.20. The van der Waals surface area contributed by atoms with E-state index in [1.165, 1.54) is 72.6 Å². The monoisotopic (exact) mass is 1090 g/mol. The molecule has 2 aliphatic carbocycles. The maximum atomic E-state index is 13.0. The summed E-state index contributed by atoms with van der Waals surface area (Å²) in [7, 11) is 0. The summed E-state index contributed by atoms with van der Waals surface area (Å²) in [6.45, 7) is 14.2. The lowest BCUT2D eigenvalue weighted by molar-refractivity contribution is -0.384. The topological polar surface area (TPSA) is 260 Å². The van der Waals surface area contributed by atoms with Crippen molar-refractivity contribution in [2.75, 3.05) is 26.2 Å². The summed E-state index contributed by atoms with van der Waals surface area (Å²) in [4.78, 5) is 77.1. The fourth-order valence-corrected chi connectivity index (χ4v) is 10.1. The van der Waals surface area contributed by atoms with E-state index in [-0.39, 0.29) is 35.0 Å². The van der Waals surface area contributed by atoms with Crippen LogP contribution in [-0.4, -0.2) is 123 Å². The molecule has 2 unspecified atom stereocenters. The molecule has 1 N–H and O–H groups in total. The number of carbonyl (C=O) groups is 4. The SMILES string of the molecule is CC(C)(C)OC(=O)c1ccn(C(=O)N2C[C@H]3CC(Oc4cccc(-c5cncnc5)c4)C[C@H]3C2)n1.CC(C)(C)OC(=O)c1ccn(C(=O)Oc2ccc([N+](=O)[O-])cc2)n1.c1cc(OC2C[C@H]3CNC[C@H]3C2)cc(-c2cncnc2)c1. The summed E-state index contributed by atoms with van der Waals surface area (Å²) in [5, 5.41) is 22.0. The third-order valence-corrected chi connectivity index (χ3v) is 13.7. The molecule has 11 rings (SSSR count). The lowest BCUT2D eigenvalue weighted by atomic mass is 10.0. The summed E-state index contributed by atoms with van der Waals surface area (Å²) in [5.41, 5.74) is 2.76. The van der Waals surface area contributed by atoms with E-state index < -0.39 is 34.2 Å². The van der Waals surface area contributed by atoms with Gasteiger partial charge in [-0.2, -0.15) is 19.6 Å². The molecule has 2 aliphatic heterocycles. The Kier molecular flexibility index (Phi) is 17.0. The Morgan fingerprint density at radius 3 is 1.49 bits per heavy atom. The largest absolute Gasteiger partial charge is 0.490 e. The number of amides is 1. The first-order valence-corrected chi connectivity index (χ1v) is 26.4. The van der Waals surface area contributed by atoms with Gasteiger partial charge >= 0.3 is 24.1 Å². The third kappa shape index (κ3) is 14.8. The summed E-state index contributed by atoms with van der Waals surface area (Å²) >= 11 is 0. The summed E-state index contributed by atoms with van der Waals surface area (Å²) in [6.07, 6.45) is 16.8. The molecular formula is C58H63N11O11. The highest BCUT2D eigenvalue weighted by Crippen LogP contribution is 2.41. The maximum Gasteiger partial charge on any atom is 0.440 e. The Balaban J connectivity index is 0.000000151. The number of rotatable bonds is 10. The standard InChI is InChI=1S/C26H29N5O4.C17H19N3O.C15H15N3O6/c1-26(2,3)35-24(32)23-7-8-31(29-23)25(33)30-14-18-10-22(11-19(18)15-30)34-21-6-4-5-17(9-21)20-12-27-16-28-13-20;1-2-12(15-9-19-11-20-10-15)4-16(3-1)21-17-5-13-7-18-8-14(13)6-17;1-15(2,3)24-13(19)12-8-9-17(16-12)14(20)23-11-6-4-10(5-7-11)18(21)22/h4-9,12-13,16,18-19,22H,10-11,14-15H2,1-3H3;1-4,9-11,13-14,17-18H,5-8H2;4-9H,1-3H3/t18-,19+,22?;13-,14+,17?;. The van der Waals surface area contributed by atoms with Gasteiger partial charge in [-0.05, 0) is 164 Å². The molecule has 416 valence electrons. The summed E-state index contributed by atoms with van der Waals surface area (Å²) < 4.78 is 30.1. The van der Waals surface area contributed by atoms with E-state index in [1.807, 2.05) is 53.7 Å². The van der Waals surface area contributed by atoms with Gasteiger partial charge in [-0.3, -0.25) is 10.1 Å². The third-order valence-electron chi connectivity index (χ3n) is 13.7. The van der Waals surface area contributed by atoms with Crippen LogP contribution in [0.3, 0.4) is 0 Å². The van der Waals surface area contributed by atoms with Gasteiger partial charge < -0.3 is 33.9 Å². The normalized spacial score (nSPS) is 19.9. The van der Waals surface area contributed by atoms with E-state index in [0.29, 0.717) is 31.0 Å². The van der Waals surface area contributed by atoms with Crippen molar-refractivity contribution in [1.82, 2.24) is 49.7 Å². The molecule has 2 saturated carbocycles. The van der Waals surface area contributed by atoms with Gasteiger partial charge in [-0.25, -0.2) is 39.1 Å². The van der Waals surface area contributed by atoms with Gasteiger partial charge in [0.15, 0.2) is 11.4 Å². The van der Waals surface area contributed by atoms with Gasteiger partial charge in [0.25, 0.3) is 5.69 Å². The molecule has 2 saturated heterocycles. The van der Waals surface area contributed by atoms with E-state index in [4.69, 9.17) is 23.7 Å². The van der Waals surface area contributed by atoms with Crippen LogP contribution in [0.4, 0.5) is 15.3 Å². The molecule has 4 fully saturated rings. The number of esters is 2. The van der Waals surface area contributed by atoms with Crippen LogP contribution in [0.15, 0.2) is 135 Å². The fraction of sp³-hybridized carbons (Fsp3) is 0.379. The molecule has 0 radical (unpaired) electrons. The highest BCUT2D eigenvalue weighted by Gasteiger charge is 2.44. The highest BCUT2D eigenvalue weighted by molar-refractivity contribution is 5.89. The minimum Gasteiger partial charge on any atom is -0.490 e. The molecular weight excluding hydrogens is 1030 g/mol. The van der Waals surface area contributed by atoms with Crippen molar-refractivity contribution >= 4 is 29.8 Å². The van der Waals surface area contributed by atoms with E-state index in [1.54, 1.807) is 60.3 Å². The van der Waals surface area contributed by atoms with Crippen LogP contribution >= 0.6 is 0 Å². The van der Waals surface area contributed by atoms with Crippen LogP contribution in [0.5, 0.6) is 17.2 Å². The number of likely N-dealkylation sites (tertiary alicyclic amines) is 1. The highest BCUT2D eigenvalue weighted by atomic mass is 16.6. The van der Waals surface area contributed by atoms with E-state index >= 15 is 0 Å². The van der Waals surface area contributed by atoms with Gasteiger partial charge in [0.05, 0.1) is 17.1 Å². The minimum absolute atomic E-state index is 0.0365. The number of ether oxygens (including phenoxy) is 5. The van der Waals surface area contributed by atoms with Crippen molar-refractivity contribution < 1.29 is 47.8 Å². The number of nitrogens with one attached hydrogen (secondary N) is 1. The van der Waals surface area contributed by atoms with Gasteiger partial charge in [0.2, 0.25) is 0 Å². The van der Waals surface area contributed by atoms with Crippen LogP contribution in [0.2, 0.25) is 0 Å². The number of fused-ring (bicyclic) bond motifs is 2. The first kappa shape index (κ1) is 55.8. The molecule has 7 aromatic rings. The Hall–Kier alpha value is -8.92. The zero-order chi connectivity index (χ0) is 56.6. The van der Waals surface area contributed by atoms with Crippen LogP contribution < -0.4 is 19.5 Å². The number of aromatic nitrogens is 8. The average molecular weight is 1090 g/mol. The minimum atomic E-state index is -0.862. The predicted molar refractivity (Wildman–Crippen MR) is 291 cm³/mol. The van der Waals surface area contributed by atoms with Crippen molar-refractivity contribution in [1.29, 1.82) is 0 Å². The van der Waals surface area contributed by atoms with Crippen molar-refractivity contribution in [2.24, 2.45) is 23.7 Å². The van der Waals surface area contributed by atoms with Crippen molar-refractivity contribution in [2.45, 2.75) is 90.6 Å². The number of nitrogens with zero attached hydrogens (tertiary/aromatic N) is 10. The second-order valence-corrected chi connectivity index (χ2v) is 22.0. The number of carbonyl (C=O) groups excluding carboxylic acids is 4. The summed E-state index contributed by atoms with van der Waals surface area (Å²) in [5.74, 6) is 3.08. The molecule has 80 heavy (non-hydrogen) atoms. The van der Waals surface area contributed by atoms with Crippen LogP contribution in [-0.2, 0) is 9.47 Å². The number of nitro benzene ring substituents is 1. The quantitative estimate of drug-likeness (QED) is 0.0759. The molecule has 4 aliphatic rings. The lowest BCUT2D eigenvalue weighted by Crippen LogP contribution is -2.35. The molecule has 3 aromatic carbocycles. The molecule has 22 nitrogen and oxygen atoms in total. The number of hydrogen-bond acceptors (Lipinski definition) is 18. The second kappa shape index (κ2) is 24.4. The number of benzene rings is 3. The van der Waals surface area contributed by atoms with Crippen LogP contribution in [0, 0.1) is 33.8 Å². The molecule has 22 heteroatoms. The smallest absolute Gasteiger partial charge is 0.440 e. The van der Waals surface area contributed by atoms with Crippen molar-refractivity contribution in [3.8, 4) is 39.5 Å². The molecule has 6 heterocycles. The zero-order valence-electron chi connectivity index (χ0n) is 45.3. The van der Waals surface area contributed by atoms with E-state index in [2.05, 4.69) is 47.6 Å².